The van der Waals surface area contributed by atoms with Crippen molar-refractivity contribution in [1.29, 1.82) is 0 Å². The summed E-state index contributed by atoms with van der Waals surface area (Å²) in [6, 6.07) is 5.79. The van der Waals surface area contributed by atoms with Gasteiger partial charge >= 0.3 is 0 Å². The smallest absolute Gasteiger partial charge is 0.0568 e. The third kappa shape index (κ3) is 3.61. The first-order chi connectivity index (χ1) is 6.74. The molecule has 1 N–H and O–H groups in total. The minimum atomic E-state index is 0.715. The molecular weight excluding hydrogens is 261 g/mol. The van der Waals surface area contributed by atoms with Gasteiger partial charge in [-0.25, -0.2) is 0 Å². The molecule has 0 radical (unpaired) electrons. The topological polar surface area (TPSA) is 12.0 Å². The van der Waals surface area contributed by atoms with Crippen LogP contribution in [0.3, 0.4) is 0 Å². The summed E-state index contributed by atoms with van der Waals surface area (Å²) in [5.41, 5.74) is 1.02. The van der Waals surface area contributed by atoms with Crippen molar-refractivity contribution in [3.8, 4) is 12.3 Å². The Labute approximate surface area is 98.0 Å². The fraction of sp³-hybridized carbons (Fsp3) is 0.273. The van der Waals surface area contributed by atoms with E-state index in [0.717, 1.165) is 29.5 Å². The summed E-state index contributed by atoms with van der Waals surface area (Å²) in [7, 11) is 0. The van der Waals surface area contributed by atoms with Crippen LogP contribution in [-0.2, 0) is 0 Å². The Hall–Kier alpha value is -0.650. The summed E-state index contributed by atoms with van der Waals surface area (Å²) in [4.78, 5) is 0. The van der Waals surface area contributed by atoms with Gasteiger partial charge in [0.05, 0.1) is 5.02 Å². The predicted molar refractivity (Wildman–Crippen MR) is 65.7 cm³/mol. The number of halogens is 2. The summed E-state index contributed by atoms with van der Waals surface area (Å²) in [5, 5.41) is 3.96. The Kier molecular flexibility index (Phi) is 4.86. The van der Waals surface area contributed by atoms with Gasteiger partial charge in [-0.1, -0.05) is 11.6 Å². The van der Waals surface area contributed by atoms with Crippen LogP contribution >= 0.6 is 27.5 Å². The van der Waals surface area contributed by atoms with Gasteiger partial charge in [-0.15, -0.1) is 12.3 Å². The molecule has 0 aromatic heterocycles. The molecule has 1 nitrogen and oxygen atoms in total. The summed E-state index contributed by atoms with van der Waals surface area (Å²) >= 11 is 9.27. The molecule has 0 saturated carbocycles. The van der Waals surface area contributed by atoms with E-state index >= 15 is 0 Å². The monoisotopic (exact) mass is 271 g/mol. The van der Waals surface area contributed by atoms with E-state index in [1.807, 2.05) is 18.2 Å². The van der Waals surface area contributed by atoms with Crippen molar-refractivity contribution >= 4 is 33.2 Å². The average molecular weight is 273 g/mol. The maximum absolute atomic E-state index is 5.93. The normalized spacial score (nSPS) is 9.50. The highest BCUT2D eigenvalue weighted by molar-refractivity contribution is 9.10. The third-order valence-electron chi connectivity index (χ3n) is 1.75. The summed E-state index contributed by atoms with van der Waals surface area (Å²) in [5.74, 6) is 2.60. The molecule has 0 aliphatic rings. The highest BCUT2D eigenvalue weighted by Gasteiger charge is 1.97. The van der Waals surface area contributed by atoms with E-state index in [-0.39, 0.29) is 0 Å². The SMILES string of the molecule is C#CCCCNc1ccc(Br)c(Cl)c1. The minimum Gasteiger partial charge on any atom is -0.385 e. The first kappa shape index (κ1) is 11.4. The Morgan fingerprint density at radius 3 is 2.93 bits per heavy atom. The number of benzene rings is 1. The molecule has 0 amide bonds. The lowest BCUT2D eigenvalue weighted by atomic mass is 10.3. The zero-order valence-electron chi connectivity index (χ0n) is 7.69. The Morgan fingerprint density at radius 2 is 2.29 bits per heavy atom. The van der Waals surface area contributed by atoms with Crippen LogP contribution in [-0.4, -0.2) is 6.54 Å². The molecule has 74 valence electrons. The van der Waals surface area contributed by atoms with Crippen LogP contribution in [0.15, 0.2) is 22.7 Å². The molecule has 0 aliphatic carbocycles. The molecule has 1 aromatic rings. The Balaban J connectivity index is 2.44. The number of hydrogen-bond donors (Lipinski definition) is 1. The zero-order valence-corrected chi connectivity index (χ0v) is 10.0. The molecule has 0 fully saturated rings. The lowest BCUT2D eigenvalue weighted by molar-refractivity contribution is 0.907. The van der Waals surface area contributed by atoms with Gasteiger partial charge in [0.15, 0.2) is 0 Å². The van der Waals surface area contributed by atoms with Crippen molar-refractivity contribution in [2.75, 3.05) is 11.9 Å². The van der Waals surface area contributed by atoms with Crippen molar-refractivity contribution in [2.45, 2.75) is 12.8 Å². The molecule has 1 aromatic carbocycles. The Morgan fingerprint density at radius 1 is 1.50 bits per heavy atom. The van der Waals surface area contributed by atoms with Crippen LogP contribution in [0.4, 0.5) is 5.69 Å². The quantitative estimate of drug-likeness (QED) is 0.647. The lowest BCUT2D eigenvalue weighted by Gasteiger charge is -2.05. The average Bonchev–Trinajstić information content (AvgIpc) is 2.18. The molecule has 0 spiro atoms. The van der Waals surface area contributed by atoms with Gasteiger partial charge in [-0.2, -0.15) is 0 Å². The molecule has 0 heterocycles. The second-order valence-corrected chi connectivity index (χ2v) is 4.12. The van der Waals surface area contributed by atoms with E-state index in [2.05, 4.69) is 27.2 Å². The second-order valence-electron chi connectivity index (χ2n) is 2.86. The molecule has 0 bridgehead atoms. The minimum absolute atomic E-state index is 0.715. The van der Waals surface area contributed by atoms with Gasteiger partial charge in [0, 0.05) is 23.1 Å². The predicted octanol–water partition coefficient (Wildman–Crippen LogP) is 3.93. The number of hydrogen-bond acceptors (Lipinski definition) is 1. The van der Waals surface area contributed by atoms with Crippen LogP contribution < -0.4 is 5.32 Å². The standard InChI is InChI=1S/C11H11BrClN/c1-2-3-4-7-14-9-5-6-10(12)11(13)8-9/h1,5-6,8,14H,3-4,7H2. The highest BCUT2D eigenvalue weighted by atomic mass is 79.9. The number of unbranched alkanes of at least 4 members (excludes halogenated alkanes) is 1. The third-order valence-corrected chi connectivity index (χ3v) is 2.98. The first-order valence-electron chi connectivity index (χ1n) is 4.36. The van der Waals surface area contributed by atoms with Crippen molar-refractivity contribution in [3.63, 3.8) is 0 Å². The Bertz CT molecular complexity index is 344. The van der Waals surface area contributed by atoms with E-state index in [0.29, 0.717) is 5.02 Å². The van der Waals surface area contributed by atoms with Gasteiger partial charge in [0.1, 0.15) is 0 Å². The zero-order chi connectivity index (χ0) is 10.4. The maximum atomic E-state index is 5.93. The maximum Gasteiger partial charge on any atom is 0.0568 e. The molecule has 1 rings (SSSR count). The summed E-state index contributed by atoms with van der Waals surface area (Å²) in [6.07, 6.45) is 6.93. The van der Waals surface area contributed by atoms with Gasteiger partial charge in [0.25, 0.3) is 0 Å². The van der Waals surface area contributed by atoms with E-state index < -0.39 is 0 Å². The fourth-order valence-electron chi connectivity index (χ4n) is 1.03. The van der Waals surface area contributed by atoms with Crippen LogP contribution in [0.2, 0.25) is 5.02 Å². The van der Waals surface area contributed by atoms with E-state index in [1.54, 1.807) is 0 Å². The lowest BCUT2D eigenvalue weighted by Crippen LogP contribution is -2.00. The van der Waals surface area contributed by atoms with E-state index in [1.165, 1.54) is 0 Å². The number of anilines is 1. The van der Waals surface area contributed by atoms with Crippen molar-refractivity contribution in [3.05, 3.63) is 27.7 Å². The number of rotatable bonds is 4. The van der Waals surface area contributed by atoms with Crippen LogP contribution in [0.1, 0.15) is 12.8 Å². The van der Waals surface area contributed by atoms with E-state index in [9.17, 15) is 0 Å². The summed E-state index contributed by atoms with van der Waals surface area (Å²) in [6.45, 7) is 0.877. The van der Waals surface area contributed by atoms with Gasteiger partial charge in [0.2, 0.25) is 0 Å². The molecule has 14 heavy (non-hydrogen) atoms. The fourth-order valence-corrected chi connectivity index (χ4v) is 1.46. The first-order valence-corrected chi connectivity index (χ1v) is 5.53. The van der Waals surface area contributed by atoms with Crippen molar-refractivity contribution in [1.82, 2.24) is 0 Å². The van der Waals surface area contributed by atoms with Gasteiger partial charge in [-0.3, -0.25) is 0 Å². The largest absolute Gasteiger partial charge is 0.385 e. The van der Waals surface area contributed by atoms with Crippen molar-refractivity contribution in [2.24, 2.45) is 0 Å². The number of nitrogens with one attached hydrogen (secondary N) is 1. The van der Waals surface area contributed by atoms with Crippen LogP contribution in [0, 0.1) is 12.3 Å². The molecule has 0 atom stereocenters. The van der Waals surface area contributed by atoms with Gasteiger partial charge in [-0.05, 0) is 40.5 Å². The van der Waals surface area contributed by atoms with Crippen molar-refractivity contribution < 1.29 is 0 Å². The molecule has 0 aliphatic heterocycles. The second kappa shape index (κ2) is 5.95. The van der Waals surface area contributed by atoms with Crippen LogP contribution in [0.25, 0.3) is 0 Å². The van der Waals surface area contributed by atoms with Crippen LogP contribution in [0.5, 0.6) is 0 Å². The molecular formula is C11H11BrClN. The summed E-state index contributed by atoms with van der Waals surface area (Å²) < 4.78 is 0.911. The van der Waals surface area contributed by atoms with E-state index in [4.69, 9.17) is 18.0 Å². The number of terminal acetylenes is 1. The molecule has 0 unspecified atom stereocenters. The highest BCUT2D eigenvalue weighted by Crippen LogP contribution is 2.25. The van der Waals surface area contributed by atoms with Gasteiger partial charge < -0.3 is 5.32 Å². The molecule has 0 saturated heterocycles. The molecule has 3 heteroatoms.